The Kier molecular flexibility index (Phi) is 7.47. The van der Waals surface area contributed by atoms with Crippen LogP contribution >= 0.6 is 11.6 Å². The van der Waals surface area contributed by atoms with E-state index in [4.69, 9.17) is 11.6 Å². The first-order valence-electron chi connectivity index (χ1n) is 11.7. The Balaban J connectivity index is 1.56. The molecule has 1 unspecified atom stereocenters. The molecule has 35 heavy (non-hydrogen) atoms. The van der Waals surface area contributed by atoms with Gasteiger partial charge in [0.25, 0.3) is 15.9 Å². The van der Waals surface area contributed by atoms with Crippen molar-refractivity contribution in [2.45, 2.75) is 62.6 Å². The molecule has 8 nitrogen and oxygen atoms in total. The number of halogens is 1. The highest BCUT2D eigenvalue weighted by atomic mass is 35.5. The second kappa shape index (κ2) is 10.4. The number of hydrogen-bond acceptors (Lipinski definition) is 5. The van der Waals surface area contributed by atoms with E-state index in [1.165, 1.54) is 23.1 Å². The number of sulfonamides is 1. The largest absolute Gasteiger partial charge is 0.352 e. The van der Waals surface area contributed by atoms with Gasteiger partial charge in [-0.25, -0.2) is 12.7 Å². The molecule has 0 aromatic heterocycles. The minimum absolute atomic E-state index is 0.0349. The van der Waals surface area contributed by atoms with Crippen molar-refractivity contribution in [3.05, 3.63) is 64.7 Å². The number of nitrogens with zero attached hydrogens (tertiary/aromatic N) is 2. The number of carbonyl (C=O) groups is 3. The van der Waals surface area contributed by atoms with Crippen molar-refractivity contribution < 1.29 is 22.8 Å². The molecule has 1 fully saturated rings. The second-order valence-corrected chi connectivity index (χ2v) is 11.2. The normalized spacial score (nSPS) is 18.1. The molecule has 1 aliphatic carbocycles. The van der Waals surface area contributed by atoms with Gasteiger partial charge in [0, 0.05) is 17.6 Å². The van der Waals surface area contributed by atoms with Crippen LogP contribution in [0.5, 0.6) is 0 Å². The molecule has 10 heteroatoms. The predicted molar refractivity (Wildman–Crippen MR) is 131 cm³/mol. The third-order valence-corrected chi connectivity index (χ3v) is 8.61. The highest BCUT2D eigenvalue weighted by Gasteiger charge is 2.43. The minimum atomic E-state index is -4.15. The van der Waals surface area contributed by atoms with Crippen molar-refractivity contribution in [1.82, 2.24) is 14.5 Å². The highest BCUT2D eigenvalue weighted by molar-refractivity contribution is 7.90. The fourth-order valence-corrected chi connectivity index (χ4v) is 6.18. The maximum absolute atomic E-state index is 13.5. The summed E-state index contributed by atoms with van der Waals surface area (Å²) in [6, 6.07) is 11.9. The zero-order valence-electron chi connectivity index (χ0n) is 19.4. The third-order valence-electron chi connectivity index (χ3n) is 6.58. The summed E-state index contributed by atoms with van der Waals surface area (Å²) in [5, 5.41) is 3.56. The molecule has 1 atom stereocenters. The van der Waals surface area contributed by atoms with E-state index in [1.807, 2.05) is 0 Å². The molecule has 0 radical (unpaired) electrons. The maximum Gasteiger partial charge on any atom is 0.269 e. The van der Waals surface area contributed by atoms with Gasteiger partial charge in [0.1, 0.15) is 17.5 Å². The Morgan fingerprint density at radius 3 is 2.40 bits per heavy atom. The van der Waals surface area contributed by atoms with E-state index < -0.39 is 34.4 Å². The molecule has 1 N–H and O–H groups in total. The minimum Gasteiger partial charge on any atom is -0.352 e. The van der Waals surface area contributed by atoms with Crippen LogP contribution in [0.4, 0.5) is 0 Å². The Labute approximate surface area is 210 Å². The molecule has 0 bridgehead atoms. The van der Waals surface area contributed by atoms with Gasteiger partial charge in [-0.05, 0) is 49.6 Å². The van der Waals surface area contributed by atoms with Gasteiger partial charge >= 0.3 is 0 Å². The standard InChI is InChI=1S/C25H28ClN3O5S/c1-17(24(31)27-20-7-3-2-4-8-20)28(15-18-11-13-19(26)14-12-18)23(30)16-29-25(32)21-9-5-6-10-22(21)35(29,33)34/h5-6,9-14,17,20H,2-4,7-8,15-16H2,1H3,(H,27,31). The fourth-order valence-electron chi connectivity index (χ4n) is 4.54. The van der Waals surface area contributed by atoms with Gasteiger partial charge in [-0.1, -0.05) is 55.1 Å². The number of hydrogen-bond donors (Lipinski definition) is 1. The molecule has 2 aromatic carbocycles. The van der Waals surface area contributed by atoms with Crippen LogP contribution in [0, 0.1) is 0 Å². The van der Waals surface area contributed by atoms with Crippen molar-refractivity contribution in [3.8, 4) is 0 Å². The summed E-state index contributed by atoms with van der Waals surface area (Å²) >= 11 is 5.98. The summed E-state index contributed by atoms with van der Waals surface area (Å²) in [4.78, 5) is 40.5. The van der Waals surface area contributed by atoms with Crippen LogP contribution in [0.1, 0.15) is 54.9 Å². The quantitative estimate of drug-likeness (QED) is 0.606. The van der Waals surface area contributed by atoms with Crippen LogP contribution in [0.3, 0.4) is 0 Å². The molecular weight excluding hydrogens is 490 g/mol. The number of benzene rings is 2. The lowest BCUT2D eigenvalue weighted by Crippen LogP contribution is -2.52. The van der Waals surface area contributed by atoms with Gasteiger partial charge in [0.05, 0.1) is 5.56 Å². The Morgan fingerprint density at radius 1 is 1.09 bits per heavy atom. The lowest BCUT2D eigenvalue weighted by Gasteiger charge is -2.32. The predicted octanol–water partition coefficient (Wildman–Crippen LogP) is 3.35. The molecule has 4 rings (SSSR count). The van der Waals surface area contributed by atoms with E-state index >= 15 is 0 Å². The molecule has 2 aromatic rings. The number of fused-ring (bicyclic) bond motifs is 1. The topological polar surface area (TPSA) is 104 Å². The smallest absolute Gasteiger partial charge is 0.269 e. The molecule has 0 spiro atoms. The van der Waals surface area contributed by atoms with Gasteiger partial charge in [0.15, 0.2) is 0 Å². The molecule has 186 valence electrons. The molecule has 1 saturated carbocycles. The summed E-state index contributed by atoms with van der Waals surface area (Å²) in [6.45, 7) is 0.982. The maximum atomic E-state index is 13.5. The van der Waals surface area contributed by atoms with Gasteiger partial charge < -0.3 is 10.2 Å². The van der Waals surface area contributed by atoms with Gasteiger partial charge in [-0.2, -0.15) is 0 Å². The zero-order valence-corrected chi connectivity index (χ0v) is 21.0. The summed E-state index contributed by atoms with van der Waals surface area (Å²) in [5.74, 6) is -1.70. The average Bonchev–Trinajstić information content (AvgIpc) is 3.04. The first-order valence-corrected chi connectivity index (χ1v) is 13.5. The van der Waals surface area contributed by atoms with Crippen LogP contribution in [0.2, 0.25) is 5.02 Å². The van der Waals surface area contributed by atoms with E-state index in [0.717, 1.165) is 37.7 Å². The number of amides is 3. The number of carbonyl (C=O) groups excluding carboxylic acids is 3. The lowest BCUT2D eigenvalue weighted by atomic mass is 9.95. The summed E-state index contributed by atoms with van der Waals surface area (Å²) in [6.07, 6.45) is 5.01. The average molecular weight is 518 g/mol. The summed E-state index contributed by atoms with van der Waals surface area (Å²) in [7, 11) is -4.15. The molecule has 1 heterocycles. The Hall–Kier alpha value is -2.91. The van der Waals surface area contributed by atoms with Crippen molar-refractivity contribution in [1.29, 1.82) is 0 Å². The fraction of sp³-hybridized carbons (Fsp3) is 0.400. The molecular formula is C25H28ClN3O5S. The number of rotatable bonds is 7. The Bertz CT molecular complexity index is 1230. The monoisotopic (exact) mass is 517 g/mol. The molecule has 2 aliphatic rings. The second-order valence-electron chi connectivity index (χ2n) is 8.98. The van der Waals surface area contributed by atoms with E-state index in [2.05, 4.69) is 5.32 Å². The molecule has 3 amide bonds. The van der Waals surface area contributed by atoms with E-state index in [0.29, 0.717) is 9.33 Å². The van der Waals surface area contributed by atoms with Crippen LogP contribution in [-0.4, -0.2) is 54.0 Å². The van der Waals surface area contributed by atoms with Crippen molar-refractivity contribution in [3.63, 3.8) is 0 Å². The number of nitrogens with one attached hydrogen (secondary N) is 1. The van der Waals surface area contributed by atoms with Crippen LogP contribution in [0.15, 0.2) is 53.4 Å². The van der Waals surface area contributed by atoms with Crippen molar-refractivity contribution in [2.75, 3.05) is 6.54 Å². The first-order chi connectivity index (χ1) is 16.7. The molecule has 0 saturated heterocycles. The Morgan fingerprint density at radius 2 is 1.74 bits per heavy atom. The molecule has 1 aliphatic heterocycles. The van der Waals surface area contributed by atoms with Crippen molar-refractivity contribution >= 4 is 39.3 Å². The summed E-state index contributed by atoms with van der Waals surface area (Å²) in [5.41, 5.74) is 0.756. The van der Waals surface area contributed by atoms with E-state index in [1.54, 1.807) is 37.3 Å². The third kappa shape index (κ3) is 5.36. The van der Waals surface area contributed by atoms with Gasteiger partial charge in [0.2, 0.25) is 11.8 Å². The summed E-state index contributed by atoms with van der Waals surface area (Å²) < 4.78 is 26.5. The van der Waals surface area contributed by atoms with Crippen LogP contribution in [-0.2, 0) is 26.2 Å². The zero-order chi connectivity index (χ0) is 25.2. The highest BCUT2D eigenvalue weighted by Crippen LogP contribution is 2.30. The SMILES string of the molecule is CC(C(=O)NC1CCCCC1)N(Cc1ccc(Cl)cc1)C(=O)CN1C(=O)c2ccccc2S1(=O)=O. The van der Waals surface area contributed by atoms with Gasteiger partial charge in [-0.3, -0.25) is 14.4 Å². The lowest BCUT2D eigenvalue weighted by molar-refractivity contribution is -0.140. The van der Waals surface area contributed by atoms with E-state index in [9.17, 15) is 22.8 Å². The van der Waals surface area contributed by atoms with Crippen molar-refractivity contribution in [2.24, 2.45) is 0 Å². The van der Waals surface area contributed by atoms with Crippen LogP contribution < -0.4 is 5.32 Å². The van der Waals surface area contributed by atoms with Gasteiger partial charge in [-0.15, -0.1) is 0 Å². The van der Waals surface area contributed by atoms with E-state index in [-0.39, 0.29) is 29.0 Å². The van der Waals surface area contributed by atoms with Crippen LogP contribution in [0.25, 0.3) is 0 Å². The first kappa shape index (κ1) is 25.2.